The second kappa shape index (κ2) is 11.0. The van der Waals surface area contributed by atoms with E-state index in [-0.39, 0.29) is 25.5 Å². The summed E-state index contributed by atoms with van der Waals surface area (Å²) in [5, 5.41) is 9.75. The fourth-order valence-corrected chi connectivity index (χ4v) is 4.80. The number of carbonyl (C=O) groups is 1. The van der Waals surface area contributed by atoms with E-state index >= 15 is 0 Å². The molecule has 3 aromatic rings. The van der Waals surface area contributed by atoms with Gasteiger partial charge in [-0.25, -0.2) is 0 Å². The minimum atomic E-state index is 0. The van der Waals surface area contributed by atoms with Crippen molar-refractivity contribution in [3.8, 4) is 5.75 Å². The van der Waals surface area contributed by atoms with Crippen molar-refractivity contribution in [1.82, 2.24) is 20.0 Å². The molecule has 0 radical (unpaired) electrons. The van der Waals surface area contributed by atoms with Crippen LogP contribution in [0.25, 0.3) is 0 Å². The first kappa shape index (κ1) is 24.4. The van der Waals surface area contributed by atoms with Crippen LogP contribution in [0.2, 0.25) is 0 Å². The summed E-state index contributed by atoms with van der Waals surface area (Å²) >= 11 is 1.73. The van der Waals surface area contributed by atoms with Crippen molar-refractivity contribution >= 4 is 30.7 Å². The molecule has 6 nitrogen and oxygen atoms in total. The van der Waals surface area contributed by atoms with E-state index in [1.807, 2.05) is 35.7 Å². The maximum Gasteiger partial charge on any atom is 0.272 e. The zero-order valence-corrected chi connectivity index (χ0v) is 20.7. The molecule has 1 atom stereocenters. The number of hydrogen-bond donors (Lipinski definition) is 1. The van der Waals surface area contributed by atoms with Crippen molar-refractivity contribution in [3.63, 3.8) is 0 Å². The number of aryl methyl sites for hydroxylation is 3. The average molecular weight is 473 g/mol. The molecule has 4 rings (SSSR count). The highest BCUT2D eigenvalue weighted by Crippen LogP contribution is 2.29. The van der Waals surface area contributed by atoms with Gasteiger partial charge < -0.3 is 15.0 Å². The van der Waals surface area contributed by atoms with Crippen molar-refractivity contribution in [3.05, 3.63) is 69.2 Å². The molecule has 2 aromatic heterocycles. The Kier molecular flexibility index (Phi) is 8.39. The van der Waals surface area contributed by atoms with Gasteiger partial charge >= 0.3 is 0 Å². The molecule has 0 bridgehead atoms. The van der Waals surface area contributed by atoms with Gasteiger partial charge in [0.1, 0.15) is 17.5 Å². The summed E-state index contributed by atoms with van der Waals surface area (Å²) in [6.45, 7) is 7.04. The molecular formula is C24H32N4O2S2. The van der Waals surface area contributed by atoms with Gasteiger partial charge in [0.25, 0.3) is 5.91 Å². The maximum atomic E-state index is 13.0. The Morgan fingerprint density at radius 2 is 2.06 bits per heavy atom. The Labute approximate surface area is 201 Å². The molecule has 0 spiro atoms. The molecular weight excluding hydrogens is 440 g/mol. The van der Waals surface area contributed by atoms with Crippen LogP contribution in [0.1, 0.15) is 51.1 Å². The zero-order chi connectivity index (χ0) is 21.8. The monoisotopic (exact) mass is 472 g/mol. The lowest BCUT2D eigenvalue weighted by molar-refractivity contribution is 0.0745. The molecule has 3 heterocycles. The Bertz CT molecular complexity index is 1030. The Balaban J connectivity index is 0.00000289. The SMILES string of the molecule is CNCC[C@H](Oc1ccc(CN2CCCn3nc(C)cc3C2=O)c(C)c1)c1cccs1.S. The molecule has 8 heteroatoms. The van der Waals surface area contributed by atoms with Gasteiger partial charge in [-0.2, -0.15) is 18.6 Å². The van der Waals surface area contributed by atoms with Crippen LogP contribution in [0.5, 0.6) is 5.75 Å². The van der Waals surface area contributed by atoms with E-state index in [9.17, 15) is 4.79 Å². The second-order valence-corrected chi connectivity index (χ2v) is 9.06. The summed E-state index contributed by atoms with van der Waals surface area (Å²) < 4.78 is 8.20. The van der Waals surface area contributed by atoms with E-state index < -0.39 is 0 Å². The normalized spacial score (nSPS) is 14.5. The molecule has 1 aliphatic rings. The van der Waals surface area contributed by atoms with Crippen LogP contribution in [0.3, 0.4) is 0 Å². The van der Waals surface area contributed by atoms with Gasteiger partial charge in [-0.15, -0.1) is 11.3 Å². The van der Waals surface area contributed by atoms with Gasteiger partial charge in [0.2, 0.25) is 0 Å². The number of thiophene rings is 1. The molecule has 1 amide bonds. The molecule has 0 fully saturated rings. The zero-order valence-electron chi connectivity index (χ0n) is 18.9. The van der Waals surface area contributed by atoms with Crippen molar-refractivity contribution in [1.29, 1.82) is 0 Å². The molecule has 0 unspecified atom stereocenters. The number of hydrogen-bond acceptors (Lipinski definition) is 5. The van der Waals surface area contributed by atoms with Crippen LogP contribution in [0, 0.1) is 13.8 Å². The summed E-state index contributed by atoms with van der Waals surface area (Å²) in [4.78, 5) is 16.2. The Morgan fingerprint density at radius 3 is 2.78 bits per heavy atom. The molecule has 0 saturated heterocycles. The van der Waals surface area contributed by atoms with Crippen LogP contribution < -0.4 is 10.1 Å². The third-order valence-corrected chi connectivity index (χ3v) is 6.64. The van der Waals surface area contributed by atoms with Crippen LogP contribution in [-0.2, 0) is 13.1 Å². The van der Waals surface area contributed by atoms with E-state index in [0.29, 0.717) is 12.2 Å². The van der Waals surface area contributed by atoms with Gasteiger partial charge in [-0.05, 0) is 74.6 Å². The number of amides is 1. The minimum Gasteiger partial charge on any atom is -0.485 e. The van der Waals surface area contributed by atoms with E-state index in [1.165, 1.54) is 4.88 Å². The lowest BCUT2D eigenvalue weighted by Crippen LogP contribution is -2.30. The summed E-state index contributed by atoms with van der Waals surface area (Å²) in [7, 11) is 1.96. The standard InChI is InChI=1S/C24H30N4O2S.H2S/c1-17-14-20(30-22(9-10-25-3)23-6-4-13-31-23)8-7-19(17)16-27-11-5-12-28-21(24(27)29)15-18(2)26-28;/h4,6-8,13-15,22,25H,5,9-12,16H2,1-3H3;1H2/t22-;/m0./s1. The fourth-order valence-electron chi connectivity index (χ4n) is 4.01. The predicted molar refractivity (Wildman–Crippen MR) is 134 cm³/mol. The highest BCUT2D eigenvalue weighted by Gasteiger charge is 2.24. The number of benzene rings is 1. The predicted octanol–water partition coefficient (Wildman–Crippen LogP) is 4.45. The van der Waals surface area contributed by atoms with Crippen molar-refractivity contribution < 1.29 is 9.53 Å². The van der Waals surface area contributed by atoms with E-state index in [0.717, 1.165) is 55.0 Å². The molecule has 0 saturated carbocycles. The number of nitrogens with one attached hydrogen (secondary N) is 1. The number of aromatic nitrogens is 2. The number of fused-ring (bicyclic) bond motifs is 1. The van der Waals surface area contributed by atoms with Crippen molar-refractivity contribution in [2.75, 3.05) is 20.1 Å². The molecule has 32 heavy (non-hydrogen) atoms. The highest BCUT2D eigenvalue weighted by molar-refractivity contribution is 7.59. The summed E-state index contributed by atoms with van der Waals surface area (Å²) in [6.07, 6.45) is 1.86. The van der Waals surface area contributed by atoms with E-state index in [4.69, 9.17) is 4.74 Å². The summed E-state index contributed by atoms with van der Waals surface area (Å²) in [5.74, 6) is 0.925. The van der Waals surface area contributed by atoms with Gasteiger partial charge in [0.15, 0.2) is 0 Å². The Hall–Kier alpha value is -2.29. The smallest absolute Gasteiger partial charge is 0.272 e. The molecule has 1 aromatic carbocycles. The second-order valence-electron chi connectivity index (χ2n) is 8.08. The van der Waals surface area contributed by atoms with Gasteiger partial charge in [0.05, 0.1) is 5.69 Å². The van der Waals surface area contributed by atoms with Gasteiger partial charge in [0, 0.05) is 30.9 Å². The molecule has 0 aliphatic carbocycles. The molecule has 172 valence electrons. The molecule has 1 N–H and O–H groups in total. The van der Waals surface area contributed by atoms with Gasteiger partial charge in [-0.3, -0.25) is 9.48 Å². The minimum absolute atomic E-state index is 0. The summed E-state index contributed by atoms with van der Waals surface area (Å²) in [6, 6.07) is 12.3. The maximum absolute atomic E-state index is 13.0. The van der Waals surface area contributed by atoms with Crippen molar-refractivity contribution in [2.24, 2.45) is 0 Å². The third-order valence-electron chi connectivity index (χ3n) is 5.68. The van der Waals surface area contributed by atoms with E-state index in [1.54, 1.807) is 11.3 Å². The van der Waals surface area contributed by atoms with Crippen LogP contribution in [0.4, 0.5) is 0 Å². The fraction of sp³-hybridized carbons (Fsp3) is 0.417. The first-order valence-corrected chi connectivity index (χ1v) is 11.7. The number of rotatable bonds is 8. The van der Waals surface area contributed by atoms with Crippen LogP contribution in [0.15, 0.2) is 41.8 Å². The number of ether oxygens (including phenoxy) is 1. The highest BCUT2D eigenvalue weighted by atomic mass is 32.1. The largest absolute Gasteiger partial charge is 0.485 e. The lowest BCUT2D eigenvalue weighted by atomic mass is 10.1. The topological polar surface area (TPSA) is 59.4 Å². The average Bonchev–Trinajstić information content (AvgIpc) is 3.38. The number of nitrogens with zero attached hydrogens (tertiary/aromatic N) is 3. The first-order valence-electron chi connectivity index (χ1n) is 10.8. The lowest BCUT2D eigenvalue weighted by Gasteiger charge is -2.22. The third kappa shape index (κ3) is 5.54. The Morgan fingerprint density at radius 1 is 1.22 bits per heavy atom. The van der Waals surface area contributed by atoms with Crippen molar-refractivity contribution in [2.45, 2.75) is 45.9 Å². The van der Waals surface area contributed by atoms with Crippen LogP contribution in [-0.4, -0.2) is 40.7 Å². The van der Waals surface area contributed by atoms with E-state index in [2.05, 4.69) is 47.0 Å². The summed E-state index contributed by atoms with van der Waals surface area (Å²) in [5.41, 5.74) is 3.86. The first-order chi connectivity index (χ1) is 15.0. The molecule has 1 aliphatic heterocycles. The van der Waals surface area contributed by atoms with Crippen LogP contribution >= 0.6 is 24.8 Å². The van der Waals surface area contributed by atoms with Gasteiger partial charge in [-0.1, -0.05) is 12.1 Å². The quantitative estimate of drug-likeness (QED) is 0.526. The number of carbonyl (C=O) groups excluding carboxylic acids is 1.